The summed E-state index contributed by atoms with van der Waals surface area (Å²) in [5.74, 6) is 0. The zero-order chi connectivity index (χ0) is 50.3. The lowest BCUT2D eigenvalue weighted by molar-refractivity contribution is 0.332. The summed E-state index contributed by atoms with van der Waals surface area (Å²) in [5.41, 5.74) is 24.0. The molecule has 1 N–H and O–H groups in total. The smallest absolute Gasteiger partial charge is 0.211 e. The van der Waals surface area contributed by atoms with Crippen molar-refractivity contribution >= 4 is 100 Å². The Morgan fingerprint density at radius 3 is 1.86 bits per heavy atom. The maximum atomic E-state index is 6.70. The molecule has 73 heavy (non-hydrogen) atoms. The Balaban J connectivity index is 1.11. The van der Waals surface area contributed by atoms with Crippen molar-refractivity contribution in [2.75, 3.05) is 10.2 Å². The number of fused-ring (bicyclic) bond motifs is 14. The molecule has 0 amide bonds. The van der Waals surface area contributed by atoms with Gasteiger partial charge in [0.1, 0.15) is 5.58 Å². The van der Waals surface area contributed by atoms with Crippen LogP contribution in [0.1, 0.15) is 134 Å². The highest BCUT2D eigenvalue weighted by Crippen LogP contribution is 2.59. The van der Waals surface area contributed by atoms with E-state index in [-0.39, 0.29) is 27.1 Å². The highest BCUT2D eigenvalue weighted by Gasteiger charge is 2.46. The zero-order valence-corrected chi connectivity index (χ0v) is 45.2. The lowest BCUT2D eigenvalue weighted by Gasteiger charge is -2.44. The molecule has 0 unspecified atom stereocenters. The number of hydrogen-bond donors (Lipinski definition) is 1. The average Bonchev–Trinajstić information content (AvgIpc) is 4.00. The van der Waals surface area contributed by atoms with Crippen LogP contribution in [0, 0.1) is 6.92 Å². The van der Waals surface area contributed by atoms with E-state index in [0.717, 1.165) is 45.3 Å². The first-order chi connectivity index (χ1) is 34.8. The molecule has 5 heteroatoms. The van der Waals surface area contributed by atoms with Crippen LogP contribution in [0.3, 0.4) is 0 Å². The van der Waals surface area contributed by atoms with Crippen LogP contribution in [0.4, 0.5) is 28.4 Å². The highest BCUT2D eigenvalue weighted by atomic mass is 32.1. The molecule has 4 aliphatic rings. The molecule has 0 saturated heterocycles. The van der Waals surface area contributed by atoms with E-state index in [4.69, 9.17) is 4.42 Å². The van der Waals surface area contributed by atoms with Gasteiger partial charge in [0.25, 0.3) is 0 Å². The molecule has 8 aromatic carbocycles. The molecule has 0 fully saturated rings. The Bertz CT molecular complexity index is 4040. The topological polar surface area (TPSA) is 28.4 Å². The Labute approximate surface area is 435 Å². The number of nitrogens with zero attached hydrogens (tertiary/aromatic N) is 1. The minimum Gasteiger partial charge on any atom is -0.454 e. The molecule has 10 aromatic rings. The van der Waals surface area contributed by atoms with Gasteiger partial charge in [-0.3, -0.25) is 0 Å². The van der Waals surface area contributed by atoms with Crippen LogP contribution >= 0.6 is 11.3 Å². The molecule has 0 saturated carbocycles. The summed E-state index contributed by atoms with van der Waals surface area (Å²) in [6.07, 6.45) is 4.70. The van der Waals surface area contributed by atoms with Crippen LogP contribution in [-0.4, -0.2) is 7.28 Å². The first kappa shape index (κ1) is 45.1. The second-order valence-corrected chi connectivity index (χ2v) is 26.4. The summed E-state index contributed by atoms with van der Waals surface area (Å²) in [7, 11) is 2.59. The fourth-order valence-electron chi connectivity index (χ4n) is 14.0. The quantitative estimate of drug-likeness (QED) is 0.178. The molecule has 14 rings (SSSR count). The van der Waals surface area contributed by atoms with Crippen LogP contribution in [0.25, 0.3) is 65.1 Å². The molecule has 2 aromatic heterocycles. The van der Waals surface area contributed by atoms with Crippen molar-refractivity contribution in [3.8, 4) is 22.3 Å². The van der Waals surface area contributed by atoms with Crippen molar-refractivity contribution in [1.29, 1.82) is 0 Å². The number of nitrogens with one attached hydrogen (secondary N) is 1. The van der Waals surface area contributed by atoms with Gasteiger partial charge in [-0.25, -0.2) is 0 Å². The van der Waals surface area contributed by atoms with E-state index in [1.54, 1.807) is 0 Å². The Morgan fingerprint density at radius 2 is 1.12 bits per heavy atom. The fraction of sp³-hybridized carbons (Fsp3) is 0.294. The molecule has 3 nitrogen and oxygen atoms in total. The van der Waals surface area contributed by atoms with Crippen molar-refractivity contribution < 1.29 is 4.42 Å². The van der Waals surface area contributed by atoms with Crippen molar-refractivity contribution in [3.63, 3.8) is 0 Å². The van der Waals surface area contributed by atoms with Gasteiger partial charge in [0.15, 0.2) is 5.58 Å². The largest absolute Gasteiger partial charge is 0.454 e. The van der Waals surface area contributed by atoms with E-state index in [1.807, 2.05) is 11.3 Å². The lowest BCUT2D eigenvalue weighted by atomic mass is 9.59. The van der Waals surface area contributed by atoms with Crippen LogP contribution in [-0.2, 0) is 27.1 Å². The first-order valence-electron chi connectivity index (χ1n) is 26.7. The maximum Gasteiger partial charge on any atom is 0.211 e. The second-order valence-electron chi connectivity index (χ2n) is 25.3. The Hall–Kier alpha value is -6.56. The second kappa shape index (κ2) is 15.0. The standard InChI is InChI=1S/C68H64BN2OS/c1-38-31-49-51(66(6,7)29-27-64(49,2)3)36-55(38)71-60-47-35-50-52(67(8,9)30-28-65(50,4)5)37-57(47)73-63(60)69-59-46(34-45-41-21-14-16-24-48(41)68(10,11)58(45)61(59)71)44-32-39-19-12-13-20-40(39)33-54(44)70-53-25-18-23-43-42-22-15-17-26-56(42)72-62(43)53/h12-26,31-37,70H,27-30H2,1-11H3. The van der Waals surface area contributed by atoms with E-state index < -0.39 is 0 Å². The number of aryl methyl sites for hydroxylation is 1. The predicted molar refractivity (Wildman–Crippen MR) is 314 cm³/mol. The fourth-order valence-corrected chi connectivity index (χ4v) is 15.2. The monoisotopic (exact) mass is 967 g/mol. The highest BCUT2D eigenvalue weighted by molar-refractivity contribution is 7.29. The van der Waals surface area contributed by atoms with E-state index in [9.17, 15) is 0 Å². The number of furan rings is 1. The van der Waals surface area contributed by atoms with Gasteiger partial charge in [-0.2, -0.15) is 0 Å². The van der Waals surface area contributed by atoms with Crippen molar-refractivity contribution in [2.24, 2.45) is 0 Å². The third-order valence-electron chi connectivity index (χ3n) is 18.5. The van der Waals surface area contributed by atoms with Crippen molar-refractivity contribution in [2.45, 2.75) is 129 Å². The van der Waals surface area contributed by atoms with Gasteiger partial charge >= 0.3 is 0 Å². The van der Waals surface area contributed by atoms with Gasteiger partial charge in [0.2, 0.25) is 7.28 Å². The van der Waals surface area contributed by atoms with E-state index >= 15 is 0 Å². The number of thiophene rings is 1. The van der Waals surface area contributed by atoms with Gasteiger partial charge in [0, 0.05) is 48.9 Å². The van der Waals surface area contributed by atoms with Gasteiger partial charge in [-0.05, 0) is 179 Å². The summed E-state index contributed by atoms with van der Waals surface area (Å²) in [4.78, 5) is 2.80. The molecule has 1 aliphatic heterocycles. The summed E-state index contributed by atoms with van der Waals surface area (Å²) in [6, 6.07) is 50.8. The van der Waals surface area contributed by atoms with Crippen LogP contribution in [0.15, 0.2) is 138 Å². The lowest BCUT2D eigenvalue weighted by Crippen LogP contribution is -2.42. The number of hydrogen-bond acceptors (Lipinski definition) is 4. The van der Waals surface area contributed by atoms with Gasteiger partial charge in [-0.15, -0.1) is 11.3 Å². The average molecular weight is 968 g/mol. The van der Waals surface area contributed by atoms with Crippen LogP contribution in [0.5, 0.6) is 0 Å². The van der Waals surface area contributed by atoms with Crippen LogP contribution in [0.2, 0.25) is 0 Å². The molecule has 0 bridgehead atoms. The SMILES string of the molecule is Cc1cc2c(cc1N1c3c(c(-c4cc5ccccc5cc4Nc4cccc5c4oc4ccccc45)cc4c3C(C)(C)c3ccccc3-4)[B]c3sc4cc5c(cc4c31)C(C)(C)CCC5(C)C)C(C)(C)CCC2(C)C. The van der Waals surface area contributed by atoms with E-state index in [0.29, 0.717) is 0 Å². The minimum atomic E-state index is -0.292. The van der Waals surface area contributed by atoms with Gasteiger partial charge in [0.05, 0.1) is 11.4 Å². The van der Waals surface area contributed by atoms with Crippen molar-refractivity contribution in [3.05, 3.63) is 172 Å². The Kier molecular flexibility index (Phi) is 9.29. The zero-order valence-electron chi connectivity index (χ0n) is 44.4. The number of benzene rings is 8. The third kappa shape index (κ3) is 6.43. The van der Waals surface area contributed by atoms with Gasteiger partial charge in [-0.1, -0.05) is 154 Å². The molecule has 0 atom stereocenters. The molecule has 1 radical (unpaired) electrons. The third-order valence-corrected chi connectivity index (χ3v) is 19.6. The molecule has 3 aliphatic carbocycles. The Morgan fingerprint density at radius 1 is 0.507 bits per heavy atom. The van der Waals surface area contributed by atoms with Gasteiger partial charge < -0.3 is 14.6 Å². The van der Waals surface area contributed by atoms with E-state index in [2.05, 4.69) is 227 Å². The van der Waals surface area contributed by atoms with Crippen LogP contribution < -0.4 is 20.5 Å². The van der Waals surface area contributed by atoms with Crippen molar-refractivity contribution in [1.82, 2.24) is 0 Å². The minimum absolute atomic E-state index is 0.0277. The summed E-state index contributed by atoms with van der Waals surface area (Å²) in [5, 5.41) is 10.0. The summed E-state index contributed by atoms with van der Waals surface area (Å²) in [6.45, 7) is 27.1. The predicted octanol–water partition coefficient (Wildman–Crippen LogP) is 18.1. The number of rotatable bonds is 4. The maximum absolute atomic E-state index is 6.70. The molecule has 361 valence electrons. The number of para-hydroxylation sites is 2. The molecule has 0 spiro atoms. The summed E-state index contributed by atoms with van der Waals surface area (Å²) < 4.78 is 9.38. The molecule has 3 heterocycles. The number of anilines is 5. The first-order valence-corrected chi connectivity index (χ1v) is 27.6. The summed E-state index contributed by atoms with van der Waals surface area (Å²) >= 11 is 1.98. The van der Waals surface area contributed by atoms with E-state index in [1.165, 1.54) is 123 Å². The normalized spacial score (nSPS) is 18.2. The molecular weight excluding hydrogens is 904 g/mol. The molecular formula is C68H64BN2OS.